The van der Waals surface area contributed by atoms with Crippen molar-refractivity contribution in [2.45, 2.75) is 25.9 Å². The molecule has 3 heterocycles. The average molecular weight is 336 g/mol. The summed E-state index contributed by atoms with van der Waals surface area (Å²) in [5.41, 5.74) is 2.85. The molecule has 128 valence electrons. The maximum Gasteiger partial charge on any atom is 0.259 e. The van der Waals surface area contributed by atoms with Crippen LogP contribution in [0, 0.1) is 6.92 Å². The highest BCUT2D eigenvalue weighted by molar-refractivity contribution is 5.62. The Labute approximate surface area is 146 Å². The van der Waals surface area contributed by atoms with Crippen LogP contribution in [0.15, 0.2) is 47.1 Å². The number of hydrogen-bond acceptors (Lipinski definition) is 6. The molecule has 0 radical (unpaired) electrons. The summed E-state index contributed by atoms with van der Waals surface area (Å²) in [4.78, 5) is 11.1. The zero-order valence-corrected chi connectivity index (χ0v) is 14.1. The predicted octanol–water partition coefficient (Wildman–Crippen LogP) is 3.07. The van der Waals surface area contributed by atoms with Crippen molar-refractivity contribution in [2.75, 3.05) is 18.0 Å². The largest absolute Gasteiger partial charge is 0.391 e. The lowest BCUT2D eigenvalue weighted by Crippen LogP contribution is -2.38. The monoisotopic (exact) mass is 336 g/mol. The number of pyridine rings is 1. The molecule has 1 saturated heterocycles. The number of piperidine rings is 1. The summed E-state index contributed by atoms with van der Waals surface area (Å²) in [6.07, 6.45) is 3.31. The minimum absolute atomic E-state index is 0.275. The summed E-state index contributed by atoms with van der Waals surface area (Å²) in [5, 5.41) is 13.9. The molecule has 0 amide bonds. The van der Waals surface area contributed by atoms with E-state index in [1.165, 1.54) is 0 Å². The third kappa shape index (κ3) is 3.25. The molecule has 0 aliphatic carbocycles. The first-order valence-electron chi connectivity index (χ1n) is 8.50. The Balaban J connectivity index is 1.56. The third-order valence-electron chi connectivity index (χ3n) is 4.53. The molecule has 1 atom stereocenters. The van der Waals surface area contributed by atoms with E-state index in [-0.39, 0.29) is 6.10 Å². The van der Waals surface area contributed by atoms with Gasteiger partial charge >= 0.3 is 0 Å². The van der Waals surface area contributed by atoms with Gasteiger partial charge in [-0.15, -0.1) is 0 Å². The molecule has 6 heteroatoms. The summed E-state index contributed by atoms with van der Waals surface area (Å²) in [6, 6.07) is 11.8. The van der Waals surface area contributed by atoms with Crippen LogP contribution in [0.2, 0.25) is 0 Å². The molecule has 2 aromatic heterocycles. The first-order chi connectivity index (χ1) is 12.2. The molecule has 1 aliphatic heterocycles. The second kappa shape index (κ2) is 6.64. The summed E-state index contributed by atoms with van der Waals surface area (Å²) in [6.45, 7) is 3.57. The number of rotatable bonds is 3. The van der Waals surface area contributed by atoms with Crippen molar-refractivity contribution in [3.8, 4) is 22.8 Å². The number of benzene rings is 1. The zero-order valence-electron chi connectivity index (χ0n) is 14.1. The Morgan fingerprint density at radius 2 is 2.08 bits per heavy atom. The van der Waals surface area contributed by atoms with Gasteiger partial charge in [0.15, 0.2) is 0 Å². The van der Waals surface area contributed by atoms with Crippen molar-refractivity contribution in [1.29, 1.82) is 0 Å². The van der Waals surface area contributed by atoms with Crippen LogP contribution in [0.5, 0.6) is 0 Å². The average Bonchev–Trinajstić information content (AvgIpc) is 3.12. The van der Waals surface area contributed by atoms with Crippen LogP contribution in [0.4, 0.5) is 5.82 Å². The van der Waals surface area contributed by atoms with Crippen LogP contribution < -0.4 is 4.90 Å². The van der Waals surface area contributed by atoms with Gasteiger partial charge in [-0.1, -0.05) is 29.4 Å². The molecule has 1 fully saturated rings. The van der Waals surface area contributed by atoms with Gasteiger partial charge in [-0.2, -0.15) is 4.98 Å². The fraction of sp³-hybridized carbons (Fsp3) is 0.316. The molecule has 6 nitrogen and oxygen atoms in total. The van der Waals surface area contributed by atoms with Crippen LogP contribution in [-0.2, 0) is 0 Å². The highest BCUT2D eigenvalue weighted by atomic mass is 16.5. The second-order valence-corrected chi connectivity index (χ2v) is 6.39. The van der Waals surface area contributed by atoms with Gasteiger partial charge in [-0.25, -0.2) is 4.98 Å². The quantitative estimate of drug-likeness (QED) is 0.792. The Kier molecular flexibility index (Phi) is 4.19. The SMILES string of the molecule is Cc1ccccc1-c1noc(-c2ccc(N3CCC[C@@H](O)C3)nc2)n1. The van der Waals surface area contributed by atoms with E-state index in [0.717, 1.165) is 41.9 Å². The zero-order chi connectivity index (χ0) is 17.2. The van der Waals surface area contributed by atoms with Crippen molar-refractivity contribution in [1.82, 2.24) is 15.1 Å². The number of hydrogen-bond donors (Lipinski definition) is 1. The minimum atomic E-state index is -0.275. The maximum absolute atomic E-state index is 9.80. The summed E-state index contributed by atoms with van der Waals surface area (Å²) < 4.78 is 5.41. The molecule has 0 spiro atoms. The van der Waals surface area contributed by atoms with E-state index < -0.39 is 0 Å². The number of nitrogens with zero attached hydrogens (tertiary/aromatic N) is 4. The number of β-amino-alcohol motifs (C(OH)–C–C–N with tert-alkyl or cyclic N) is 1. The molecule has 1 aliphatic rings. The molecular formula is C19H20N4O2. The van der Waals surface area contributed by atoms with E-state index in [4.69, 9.17) is 4.52 Å². The summed E-state index contributed by atoms with van der Waals surface area (Å²) in [5.74, 6) is 1.90. The van der Waals surface area contributed by atoms with Gasteiger partial charge < -0.3 is 14.5 Å². The van der Waals surface area contributed by atoms with E-state index in [1.54, 1.807) is 6.20 Å². The van der Waals surface area contributed by atoms with Gasteiger partial charge in [-0.05, 0) is 37.5 Å². The van der Waals surface area contributed by atoms with Crippen LogP contribution >= 0.6 is 0 Å². The van der Waals surface area contributed by atoms with Crippen LogP contribution in [0.25, 0.3) is 22.8 Å². The Bertz CT molecular complexity index is 860. The number of aliphatic hydroxyl groups excluding tert-OH is 1. The molecule has 25 heavy (non-hydrogen) atoms. The van der Waals surface area contributed by atoms with Crippen LogP contribution in [0.1, 0.15) is 18.4 Å². The van der Waals surface area contributed by atoms with Gasteiger partial charge in [0.05, 0.1) is 11.7 Å². The fourth-order valence-corrected chi connectivity index (χ4v) is 3.14. The lowest BCUT2D eigenvalue weighted by atomic mass is 10.1. The van der Waals surface area contributed by atoms with E-state index in [1.807, 2.05) is 43.3 Å². The minimum Gasteiger partial charge on any atom is -0.391 e. The van der Waals surface area contributed by atoms with Gasteiger partial charge in [0.1, 0.15) is 5.82 Å². The van der Waals surface area contributed by atoms with Crippen LogP contribution in [0.3, 0.4) is 0 Å². The van der Waals surface area contributed by atoms with E-state index in [0.29, 0.717) is 18.3 Å². The van der Waals surface area contributed by atoms with Gasteiger partial charge in [-0.3, -0.25) is 0 Å². The van der Waals surface area contributed by atoms with E-state index in [2.05, 4.69) is 20.0 Å². The summed E-state index contributed by atoms with van der Waals surface area (Å²) in [7, 11) is 0. The lowest BCUT2D eigenvalue weighted by Gasteiger charge is -2.30. The number of aromatic nitrogens is 3. The predicted molar refractivity (Wildman–Crippen MR) is 95.2 cm³/mol. The first-order valence-corrected chi connectivity index (χ1v) is 8.50. The Morgan fingerprint density at radius 3 is 2.84 bits per heavy atom. The molecule has 3 aromatic rings. The van der Waals surface area contributed by atoms with Crippen molar-refractivity contribution in [3.63, 3.8) is 0 Å². The third-order valence-corrected chi connectivity index (χ3v) is 4.53. The smallest absolute Gasteiger partial charge is 0.259 e. The molecule has 4 rings (SSSR count). The Morgan fingerprint density at radius 1 is 1.20 bits per heavy atom. The van der Waals surface area contributed by atoms with Crippen molar-refractivity contribution in [2.24, 2.45) is 0 Å². The normalized spacial score (nSPS) is 17.7. The molecule has 0 saturated carbocycles. The lowest BCUT2D eigenvalue weighted by molar-refractivity contribution is 0.154. The first kappa shape index (κ1) is 15.8. The maximum atomic E-state index is 9.80. The topological polar surface area (TPSA) is 75.3 Å². The molecular weight excluding hydrogens is 316 g/mol. The van der Waals surface area contributed by atoms with Crippen molar-refractivity contribution >= 4 is 5.82 Å². The fourth-order valence-electron chi connectivity index (χ4n) is 3.14. The van der Waals surface area contributed by atoms with E-state index >= 15 is 0 Å². The van der Waals surface area contributed by atoms with Crippen molar-refractivity contribution < 1.29 is 9.63 Å². The van der Waals surface area contributed by atoms with Gasteiger partial charge in [0, 0.05) is 24.8 Å². The number of aryl methyl sites for hydroxylation is 1. The highest BCUT2D eigenvalue weighted by Crippen LogP contribution is 2.25. The molecule has 1 aromatic carbocycles. The molecule has 0 unspecified atom stereocenters. The second-order valence-electron chi connectivity index (χ2n) is 6.39. The standard InChI is InChI=1S/C19H20N4O2/c1-13-5-2-3-7-16(13)18-21-19(25-22-18)14-8-9-17(20-11-14)23-10-4-6-15(24)12-23/h2-3,5,7-9,11,15,24H,4,6,10,12H2,1H3/t15-/m1/s1. The molecule has 1 N–H and O–H groups in total. The highest BCUT2D eigenvalue weighted by Gasteiger charge is 2.19. The van der Waals surface area contributed by atoms with Gasteiger partial charge in [0.25, 0.3) is 5.89 Å². The van der Waals surface area contributed by atoms with Crippen molar-refractivity contribution in [3.05, 3.63) is 48.2 Å². The van der Waals surface area contributed by atoms with Crippen LogP contribution in [-0.4, -0.2) is 39.4 Å². The number of anilines is 1. The Hall–Kier alpha value is -2.73. The molecule has 0 bridgehead atoms. The van der Waals surface area contributed by atoms with Gasteiger partial charge in [0.2, 0.25) is 5.82 Å². The summed E-state index contributed by atoms with van der Waals surface area (Å²) >= 11 is 0. The number of aliphatic hydroxyl groups is 1. The van der Waals surface area contributed by atoms with E-state index in [9.17, 15) is 5.11 Å².